The minimum atomic E-state index is -1.56. The first-order chi connectivity index (χ1) is 20.9. The Morgan fingerprint density at radius 2 is 1.80 bits per heavy atom. The number of hydrogen-bond acceptors (Lipinski definition) is 13. The molecule has 2 aromatic heterocycles. The van der Waals surface area contributed by atoms with Crippen molar-refractivity contribution in [2.24, 2.45) is 5.16 Å². The number of carbonyl (C=O) groups excluding carboxylic acids is 4. The maximum atomic E-state index is 13.4. The zero-order valence-electron chi connectivity index (χ0n) is 25.5. The molecule has 5 N–H and O–H groups in total. The average molecular weight is 650 g/mol. The summed E-state index contributed by atoms with van der Waals surface area (Å²) in [7, 11) is 0. The third kappa shape index (κ3) is 9.10. The first-order valence-electron chi connectivity index (χ1n) is 13.9. The van der Waals surface area contributed by atoms with Crippen LogP contribution in [0.1, 0.15) is 65.8 Å². The fourth-order valence-electron chi connectivity index (χ4n) is 3.75. The van der Waals surface area contributed by atoms with E-state index in [9.17, 15) is 29.1 Å². The molecule has 1 saturated carbocycles. The van der Waals surface area contributed by atoms with Gasteiger partial charge in [-0.05, 0) is 41.5 Å². The number of amides is 4. The van der Waals surface area contributed by atoms with E-state index in [4.69, 9.17) is 14.3 Å². The Bertz CT molecular complexity index is 1500. The van der Waals surface area contributed by atoms with Gasteiger partial charge in [0.15, 0.2) is 10.8 Å². The summed E-state index contributed by atoms with van der Waals surface area (Å²) < 4.78 is 10.4. The number of anilines is 1. The van der Waals surface area contributed by atoms with Gasteiger partial charge >= 0.3 is 18.2 Å². The van der Waals surface area contributed by atoms with Gasteiger partial charge in [0, 0.05) is 18.2 Å². The molecule has 45 heavy (non-hydrogen) atoms. The van der Waals surface area contributed by atoms with Gasteiger partial charge in [-0.2, -0.15) is 15.0 Å². The summed E-state index contributed by atoms with van der Waals surface area (Å²) in [6.07, 6.45) is 0.451. The number of β-lactam (4-membered cyclic amide) rings is 1. The van der Waals surface area contributed by atoms with Crippen molar-refractivity contribution in [3.8, 4) is 0 Å². The number of alkyl carbamates (subject to hydrolysis) is 1. The Morgan fingerprint density at radius 1 is 1.13 bits per heavy atom. The SMILES string of the molecule is CC(C)(C)OC(=O)NCc1cnn(CC2NC(=O)C2NC(=O)/C(=N\OC2(C(=O)O)CC2)c2csc(NC(=O)OC(C)(C)C)n2)n1. The maximum Gasteiger partial charge on any atom is 0.413 e. The molecule has 0 spiro atoms. The summed E-state index contributed by atoms with van der Waals surface area (Å²) >= 11 is 0.968. The van der Waals surface area contributed by atoms with E-state index >= 15 is 0 Å². The molecule has 18 nitrogen and oxygen atoms in total. The van der Waals surface area contributed by atoms with E-state index < -0.39 is 64.6 Å². The number of rotatable bonds is 11. The second-order valence-corrected chi connectivity index (χ2v) is 13.2. The largest absolute Gasteiger partial charge is 0.478 e. The van der Waals surface area contributed by atoms with E-state index in [0.29, 0.717) is 5.69 Å². The highest BCUT2D eigenvalue weighted by Gasteiger charge is 2.55. The Labute approximate surface area is 261 Å². The van der Waals surface area contributed by atoms with Crippen LogP contribution >= 0.6 is 11.3 Å². The monoisotopic (exact) mass is 649 g/mol. The summed E-state index contributed by atoms with van der Waals surface area (Å²) in [6.45, 7) is 10.4. The van der Waals surface area contributed by atoms with Crippen LogP contribution in [0.15, 0.2) is 16.7 Å². The quantitative estimate of drug-likeness (QED) is 0.131. The summed E-state index contributed by atoms with van der Waals surface area (Å²) in [5.74, 6) is -2.59. The highest BCUT2D eigenvalue weighted by Crippen LogP contribution is 2.40. The van der Waals surface area contributed by atoms with Gasteiger partial charge in [0.25, 0.3) is 5.91 Å². The van der Waals surface area contributed by atoms with E-state index in [-0.39, 0.29) is 36.8 Å². The van der Waals surface area contributed by atoms with Crippen molar-refractivity contribution in [1.82, 2.24) is 35.9 Å². The molecule has 19 heteroatoms. The first-order valence-corrected chi connectivity index (χ1v) is 14.7. The van der Waals surface area contributed by atoms with Gasteiger partial charge in [-0.25, -0.2) is 19.4 Å². The molecular formula is C26H35N9O9S. The molecule has 244 valence electrons. The van der Waals surface area contributed by atoms with Crippen LogP contribution in [-0.2, 0) is 41.8 Å². The molecule has 1 aliphatic carbocycles. The summed E-state index contributed by atoms with van der Waals surface area (Å²) in [5, 5.41) is 33.5. The standard InChI is InChI=1S/C26H35N9O9S/c1-24(2,3)42-22(40)27-9-13-10-28-35(33-13)11-14-16(18(36)29-14)31-19(37)17(34-44-26(7-8-26)20(38)39)15-12-45-21(30-15)32-23(41)43-25(4,5)6/h10,12,14,16H,7-9,11H2,1-6H3,(H,27,40)(H,29,36)(H,31,37)(H,38,39)(H,30,32,41)/b34-17-. The van der Waals surface area contributed by atoms with Gasteiger partial charge in [0.2, 0.25) is 11.5 Å². The lowest BCUT2D eigenvalue weighted by Crippen LogP contribution is -2.70. The molecule has 0 aromatic carbocycles. The van der Waals surface area contributed by atoms with E-state index in [1.54, 1.807) is 41.5 Å². The van der Waals surface area contributed by atoms with Crippen LogP contribution in [-0.4, -0.2) is 89.7 Å². The molecule has 0 bridgehead atoms. The number of thiazole rings is 1. The molecule has 0 radical (unpaired) electrons. The molecule has 2 unspecified atom stereocenters. The number of carboxylic acid groups (broad SMARTS) is 1. The van der Waals surface area contributed by atoms with Gasteiger partial charge in [-0.3, -0.25) is 14.9 Å². The number of nitrogens with one attached hydrogen (secondary N) is 4. The van der Waals surface area contributed by atoms with Crippen LogP contribution in [0.4, 0.5) is 14.7 Å². The molecule has 1 aliphatic heterocycles. The minimum absolute atomic E-state index is 0.0306. The van der Waals surface area contributed by atoms with Crippen molar-refractivity contribution in [2.45, 2.75) is 96.4 Å². The summed E-state index contributed by atoms with van der Waals surface area (Å²) in [5.41, 5.74) is -2.97. The molecule has 4 rings (SSSR count). The fraction of sp³-hybridized carbons (Fsp3) is 0.577. The second-order valence-electron chi connectivity index (χ2n) is 12.3. The van der Waals surface area contributed by atoms with Crippen molar-refractivity contribution < 1.29 is 43.4 Å². The number of nitrogens with zero attached hydrogens (tertiary/aromatic N) is 5. The van der Waals surface area contributed by atoms with Gasteiger partial charge in [-0.1, -0.05) is 5.16 Å². The number of ether oxygens (including phenoxy) is 2. The number of oxime groups is 1. The van der Waals surface area contributed by atoms with Crippen molar-refractivity contribution in [3.63, 3.8) is 0 Å². The number of aromatic nitrogens is 4. The minimum Gasteiger partial charge on any atom is -0.478 e. The van der Waals surface area contributed by atoms with Crippen LogP contribution in [0.5, 0.6) is 0 Å². The second kappa shape index (κ2) is 12.7. The predicted molar refractivity (Wildman–Crippen MR) is 156 cm³/mol. The molecule has 2 aliphatic rings. The highest BCUT2D eigenvalue weighted by molar-refractivity contribution is 7.14. The maximum absolute atomic E-state index is 13.4. The normalized spacial score (nSPS) is 19.0. The lowest BCUT2D eigenvalue weighted by atomic mass is 9.98. The zero-order chi connectivity index (χ0) is 33.2. The van der Waals surface area contributed by atoms with Gasteiger partial charge in [0.05, 0.1) is 25.3 Å². The Morgan fingerprint density at radius 3 is 2.40 bits per heavy atom. The summed E-state index contributed by atoms with van der Waals surface area (Å²) in [6, 6.07) is -1.64. The number of hydrogen-bond donors (Lipinski definition) is 5. The Hall–Kier alpha value is -4.81. The van der Waals surface area contributed by atoms with Crippen molar-refractivity contribution in [3.05, 3.63) is 23.0 Å². The van der Waals surface area contributed by atoms with Crippen LogP contribution in [0.3, 0.4) is 0 Å². The Kier molecular flexibility index (Phi) is 9.31. The average Bonchev–Trinajstić information content (AvgIpc) is 3.34. The molecular weight excluding hydrogens is 614 g/mol. The smallest absolute Gasteiger partial charge is 0.413 e. The fourth-order valence-corrected chi connectivity index (χ4v) is 4.43. The van der Waals surface area contributed by atoms with Crippen LogP contribution in [0, 0.1) is 0 Å². The third-order valence-corrected chi connectivity index (χ3v) is 6.79. The molecule has 4 amide bonds. The molecule has 2 fully saturated rings. The topological polar surface area (TPSA) is 237 Å². The zero-order valence-corrected chi connectivity index (χ0v) is 26.3. The van der Waals surface area contributed by atoms with Gasteiger partial charge in [0.1, 0.15) is 28.6 Å². The van der Waals surface area contributed by atoms with Crippen LogP contribution in [0.2, 0.25) is 0 Å². The van der Waals surface area contributed by atoms with E-state index in [0.717, 1.165) is 11.3 Å². The number of aliphatic carboxylic acids is 1. The first kappa shape index (κ1) is 33.1. The summed E-state index contributed by atoms with van der Waals surface area (Å²) in [4.78, 5) is 72.2. The molecule has 3 heterocycles. The lowest BCUT2D eigenvalue weighted by molar-refractivity contribution is -0.153. The van der Waals surface area contributed by atoms with E-state index in [1.165, 1.54) is 16.4 Å². The molecule has 1 saturated heterocycles. The number of carboxylic acids is 1. The van der Waals surface area contributed by atoms with E-state index in [2.05, 4.69) is 41.6 Å². The highest BCUT2D eigenvalue weighted by atomic mass is 32.1. The molecule has 2 atom stereocenters. The van der Waals surface area contributed by atoms with Crippen molar-refractivity contribution in [2.75, 3.05) is 5.32 Å². The predicted octanol–water partition coefficient (Wildman–Crippen LogP) is 1.13. The van der Waals surface area contributed by atoms with Gasteiger partial charge in [-0.15, -0.1) is 11.3 Å². The van der Waals surface area contributed by atoms with Gasteiger partial charge < -0.3 is 35.4 Å². The number of carbonyl (C=O) groups is 5. The third-order valence-electron chi connectivity index (χ3n) is 6.03. The Balaban J connectivity index is 1.42. The van der Waals surface area contributed by atoms with Crippen LogP contribution < -0.4 is 21.3 Å². The van der Waals surface area contributed by atoms with Crippen LogP contribution in [0.25, 0.3) is 0 Å². The lowest BCUT2D eigenvalue weighted by Gasteiger charge is -2.36. The van der Waals surface area contributed by atoms with Crippen molar-refractivity contribution in [1.29, 1.82) is 0 Å². The van der Waals surface area contributed by atoms with Crippen molar-refractivity contribution >= 4 is 52.2 Å². The van der Waals surface area contributed by atoms with E-state index in [1.807, 2.05) is 0 Å². The molecule has 2 aromatic rings.